The van der Waals surface area contributed by atoms with E-state index in [0.29, 0.717) is 12.2 Å². The van der Waals surface area contributed by atoms with Crippen molar-refractivity contribution in [3.63, 3.8) is 0 Å². The number of benzene rings is 1. The Kier molecular flexibility index (Phi) is 5.55. The van der Waals surface area contributed by atoms with E-state index in [4.69, 9.17) is 0 Å². The molecule has 0 saturated carbocycles. The normalized spacial score (nSPS) is 16.7. The quantitative estimate of drug-likeness (QED) is 0.797. The minimum atomic E-state index is -3.43. The third kappa shape index (κ3) is 4.28. The molecule has 0 radical (unpaired) electrons. The van der Waals surface area contributed by atoms with E-state index in [1.807, 2.05) is 0 Å². The summed E-state index contributed by atoms with van der Waals surface area (Å²) in [6.07, 6.45) is 3.62. The molecule has 1 aliphatic heterocycles. The number of piperidine rings is 1. The van der Waals surface area contributed by atoms with Crippen molar-refractivity contribution in [2.45, 2.75) is 24.2 Å². The zero-order valence-electron chi connectivity index (χ0n) is 13.1. The van der Waals surface area contributed by atoms with Crippen LogP contribution in [0.15, 0.2) is 29.2 Å². The predicted octanol–water partition coefficient (Wildman–Crippen LogP) is -0.0558. The highest BCUT2D eigenvalue weighted by atomic mass is 32.2. The molecule has 2 N–H and O–H groups in total. The third-order valence-electron chi connectivity index (χ3n) is 3.89. The van der Waals surface area contributed by atoms with Crippen molar-refractivity contribution < 1.29 is 18.1 Å². The number of carbonyl (C=O) groups is 1. The summed E-state index contributed by atoms with van der Waals surface area (Å²) in [5.41, 5.74) is 0.624. The minimum Gasteiger partial charge on any atom is -0.327 e. The monoisotopic (exact) mass is 326 g/mol. The average Bonchev–Trinajstić information content (AvgIpc) is 2.48. The van der Waals surface area contributed by atoms with Crippen molar-refractivity contribution in [1.82, 2.24) is 4.31 Å². The molecule has 1 amide bonds. The number of sulfonamides is 1. The smallest absolute Gasteiger partial charge is 0.279 e. The van der Waals surface area contributed by atoms with Crippen molar-refractivity contribution in [3.8, 4) is 0 Å². The predicted molar refractivity (Wildman–Crippen MR) is 85.4 cm³/mol. The topological polar surface area (TPSA) is 70.9 Å². The molecule has 1 saturated heterocycles. The van der Waals surface area contributed by atoms with Crippen molar-refractivity contribution in [1.29, 1.82) is 0 Å². The largest absolute Gasteiger partial charge is 0.327 e. The molecule has 2 rings (SSSR count). The summed E-state index contributed by atoms with van der Waals surface area (Å²) < 4.78 is 25.1. The molecule has 1 aromatic rings. The minimum absolute atomic E-state index is 0.0277. The van der Waals surface area contributed by atoms with Crippen LogP contribution in [-0.2, 0) is 14.8 Å². The van der Waals surface area contributed by atoms with Crippen LogP contribution < -0.4 is 10.2 Å². The Morgan fingerprint density at radius 2 is 1.73 bits per heavy atom. The lowest BCUT2D eigenvalue weighted by molar-refractivity contribution is -0.896. The van der Waals surface area contributed by atoms with Crippen LogP contribution in [0.3, 0.4) is 0 Å². The maximum absolute atomic E-state index is 12.0. The van der Waals surface area contributed by atoms with Crippen LogP contribution in [0.5, 0.6) is 0 Å². The molecule has 0 unspecified atom stereocenters. The average molecular weight is 326 g/mol. The molecule has 22 heavy (non-hydrogen) atoms. The van der Waals surface area contributed by atoms with Crippen molar-refractivity contribution >= 4 is 21.6 Å². The first kappa shape index (κ1) is 16.9. The fourth-order valence-corrected chi connectivity index (χ4v) is 3.48. The van der Waals surface area contributed by atoms with Crippen LogP contribution in [0.1, 0.15) is 19.3 Å². The van der Waals surface area contributed by atoms with Gasteiger partial charge in [0.05, 0.1) is 18.0 Å². The standard InChI is InChI=1S/C15H23N3O3S/c1-17(2)22(20,21)14-8-6-13(7-9-14)16-15(19)12-18-10-4-3-5-11-18/h6-9H,3-5,10-12H2,1-2H3,(H,16,19)/p+1. The number of likely N-dealkylation sites (tertiary alicyclic amines) is 1. The number of rotatable bonds is 5. The SMILES string of the molecule is CN(C)S(=O)(=O)c1ccc(NC(=O)C[NH+]2CCCCC2)cc1. The van der Waals surface area contributed by atoms with Crippen LogP contribution in [0.25, 0.3) is 0 Å². The lowest BCUT2D eigenvalue weighted by atomic mass is 10.1. The molecular weight excluding hydrogens is 302 g/mol. The summed E-state index contributed by atoms with van der Waals surface area (Å²) in [5, 5.41) is 2.83. The van der Waals surface area contributed by atoms with Gasteiger partial charge in [0.25, 0.3) is 5.91 Å². The van der Waals surface area contributed by atoms with E-state index < -0.39 is 10.0 Å². The van der Waals surface area contributed by atoms with Crippen LogP contribution in [0.2, 0.25) is 0 Å². The third-order valence-corrected chi connectivity index (χ3v) is 5.72. The molecule has 0 aromatic heterocycles. The number of hydrogen-bond donors (Lipinski definition) is 2. The van der Waals surface area contributed by atoms with Gasteiger partial charge in [0.2, 0.25) is 10.0 Å². The van der Waals surface area contributed by atoms with Gasteiger partial charge >= 0.3 is 0 Å². The Hall–Kier alpha value is -1.44. The van der Waals surface area contributed by atoms with Crippen LogP contribution in [-0.4, -0.2) is 52.4 Å². The first-order chi connectivity index (χ1) is 10.4. The van der Waals surface area contributed by atoms with Crippen LogP contribution >= 0.6 is 0 Å². The molecule has 0 spiro atoms. The molecule has 122 valence electrons. The summed E-state index contributed by atoms with van der Waals surface area (Å²) >= 11 is 0. The first-order valence-electron chi connectivity index (χ1n) is 7.55. The van der Waals surface area contributed by atoms with E-state index in [1.165, 1.54) is 54.7 Å². The maximum Gasteiger partial charge on any atom is 0.279 e. The van der Waals surface area contributed by atoms with Gasteiger partial charge in [0.1, 0.15) is 0 Å². The number of nitrogens with one attached hydrogen (secondary N) is 2. The van der Waals surface area contributed by atoms with E-state index in [0.717, 1.165) is 13.1 Å². The van der Waals surface area contributed by atoms with Gasteiger partial charge in [0.15, 0.2) is 6.54 Å². The van der Waals surface area contributed by atoms with Gasteiger partial charge in [-0.05, 0) is 43.5 Å². The van der Waals surface area contributed by atoms with Gasteiger partial charge < -0.3 is 10.2 Å². The molecule has 0 aliphatic carbocycles. The molecule has 0 atom stereocenters. The summed E-state index contributed by atoms with van der Waals surface area (Å²) in [5.74, 6) is -0.0277. The van der Waals surface area contributed by atoms with Gasteiger partial charge in [-0.3, -0.25) is 4.79 Å². The number of anilines is 1. The zero-order chi connectivity index (χ0) is 16.2. The lowest BCUT2D eigenvalue weighted by Gasteiger charge is -2.22. The second-order valence-corrected chi connectivity index (χ2v) is 8.00. The highest BCUT2D eigenvalue weighted by Gasteiger charge is 2.19. The number of carbonyl (C=O) groups excluding carboxylic acids is 1. The molecule has 7 heteroatoms. The maximum atomic E-state index is 12.0. The van der Waals surface area contributed by atoms with Gasteiger partial charge in [-0.15, -0.1) is 0 Å². The number of amides is 1. The molecule has 0 bridgehead atoms. The van der Waals surface area contributed by atoms with E-state index >= 15 is 0 Å². The van der Waals surface area contributed by atoms with Gasteiger partial charge in [0, 0.05) is 19.8 Å². The molecule has 1 aromatic carbocycles. The van der Waals surface area contributed by atoms with Crippen molar-refractivity contribution in [2.75, 3.05) is 39.0 Å². The Bertz CT molecular complexity index is 605. The molecule has 1 fully saturated rings. The second-order valence-electron chi connectivity index (χ2n) is 5.85. The van der Waals surface area contributed by atoms with Crippen molar-refractivity contribution in [3.05, 3.63) is 24.3 Å². The molecule has 1 heterocycles. The zero-order valence-corrected chi connectivity index (χ0v) is 13.9. The Labute approximate surface area is 132 Å². The highest BCUT2D eigenvalue weighted by molar-refractivity contribution is 7.89. The molecule has 1 aliphatic rings. The van der Waals surface area contributed by atoms with E-state index in [1.54, 1.807) is 12.1 Å². The first-order valence-corrected chi connectivity index (χ1v) is 8.99. The number of nitrogens with zero attached hydrogens (tertiary/aromatic N) is 1. The van der Waals surface area contributed by atoms with Gasteiger partial charge in [-0.1, -0.05) is 0 Å². The van der Waals surface area contributed by atoms with Gasteiger partial charge in [-0.2, -0.15) is 0 Å². The summed E-state index contributed by atoms with van der Waals surface area (Å²) in [4.78, 5) is 13.5. The Balaban J connectivity index is 1.95. The highest BCUT2D eigenvalue weighted by Crippen LogP contribution is 2.16. The Morgan fingerprint density at radius 3 is 2.27 bits per heavy atom. The summed E-state index contributed by atoms with van der Waals surface area (Å²) in [6, 6.07) is 6.27. The summed E-state index contributed by atoms with van der Waals surface area (Å²) in [6.45, 7) is 2.57. The Morgan fingerprint density at radius 1 is 1.14 bits per heavy atom. The van der Waals surface area contributed by atoms with E-state index in [-0.39, 0.29) is 10.8 Å². The summed E-state index contributed by atoms with van der Waals surface area (Å²) in [7, 11) is -0.443. The van der Waals surface area contributed by atoms with Gasteiger partial charge in [-0.25, -0.2) is 12.7 Å². The van der Waals surface area contributed by atoms with Crippen molar-refractivity contribution in [2.24, 2.45) is 0 Å². The van der Waals surface area contributed by atoms with Crippen LogP contribution in [0.4, 0.5) is 5.69 Å². The van der Waals surface area contributed by atoms with E-state index in [2.05, 4.69) is 5.32 Å². The fourth-order valence-electron chi connectivity index (χ4n) is 2.58. The number of hydrogen-bond acceptors (Lipinski definition) is 3. The molecule has 6 nitrogen and oxygen atoms in total. The molecular formula is C15H24N3O3S+. The second kappa shape index (κ2) is 7.21. The fraction of sp³-hybridized carbons (Fsp3) is 0.533. The van der Waals surface area contributed by atoms with Crippen LogP contribution in [0, 0.1) is 0 Å². The number of quaternary nitrogens is 1. The lowest BCUT2D eigenvalue weighted by Crippen LogP contribution is -3.13. The van der Waals surface area contributed by atoms with E-state index in [9.17, 15) is 13.2 Å².